The van der Waals surface area contributed by atoms with Crippen LogP contribution in [0, 0.1) is 20.8 Å². The number of carbonyl (C=O) groups excluding carboxylic acids is 1. The van der Waals surface area contributed by atoms with Gasteiger partial charge in [-0.2, -0.15) is 0 Å². The van der Waals surface area contributed by atoms with Crippen molar-refractivity contribution in [3.63, 3.8) is 0 Å². The molecule has 3 aromatic rings. The van der Waals surface area contributed by atoms with E-state index in [1.807, 2.05) is 18.2 Å². The van der Waals surface area contributed by atoms with E-state index in [2.05, 4.69) is 66.0 Å². The monoisotopic (exact) mass is 421 g/mol. The van der Waals surface area contributed by atoms with Gasteiger partial charge in [-0.1, -0.05) is 29.3 Å². The molecule has 0 saturated carbocycles. The van der Waals surface area contributed by atoms with E-state index in [0.29, 0.717) is 15.1 Å². The molecule has 0 atom stereocenters. The van der Waals surface area contributed by atoms with E-state index >= 15 is 0 Å². The molecule has 2 heterocycles. The molecule has 0 radical (unpaired) electrons. The van der Waals surface area contributed by atoms with Gasteiger partial charge in [-0.15, -0.1) is 0 Å². The standard InChI is InChI=1S/C23H20ClN3OS/c1-14-4-10-20(11-5-14)27-15(2)12-17(16(27)3)13-21-22(28)26-23(29-21)25-19-8-6-18(24)7-9-19/h4-13H,1-3H3,(H,25,26,28)/b21-13+. The molecule has 146 valence electrons. The van der Waals surface area contributed by atoms with Crippen LogP contribution in [-0.4, -0.2) is 15.6 Å². The van der Waals surface area contributed by atoms with Crippen LogP contribution in [0.5, 0.6) is 0 Å². The Labute approximate surface area is 179 Å². The van der Waals surface area contributed by atoms with E-state index in [1.165, 1.54) is 17.3 Å². The molecular weight excluding hydrogens is 402 g/mol. The van der Waals surface area contributed by atoms with Crippen LogP contribution in [-0.2, 0) is 4.79 Å². The Hall–Kier alpha value is -2.76. The third kappa shape index (κ3) is 4.16. The summed E-state index contributed by atoms with van der Waals surface area (Å²) in [5.41, 5.74) is 6.32. The van der Waals surface area contributed by atoms with Crippen molar-refractivity contribution in [3.8, 4) is 5.69 Å². The minimum absolute atomic E-state index is 0.136. The largest absolute Gasteiger partial charge is 0.318 e. The number of benzene rings is 2. The fraction of sp³-hybridized carbons (Fsp3) is 0.130. The number of hydrogen-bond donors (Lipinski definition) is 1. The molecule has 6 heteroatoms. The molecule has 0 unspecified atom stereocenters. The zero-order valence-corrected chi connectivity index (χ0v) is 17.9. The zero-order chi connectivity index (χ0) is 20.5. The number of halogens is 1. The van der Waals surface area contributed by atoms with Crippen LogP contribution >= 0.6 is 23.4 Å². The van der Waals surface area contributed by atoms with Gasteiger partial charge in [0.15, 0.2) is 5.17 Å². The summed E-state index contributed by atoms with van der Waals surface area (Å²) in [6.07, 6.45) is 1.93. The summed E-state index contributed by atoms with van der Waals surface area (Å²) in [6, 6.07) is 17.7. The highest BCUT2D eigenvalue weighted by Gasteiger charge is 2.24. The Morgan fingerprint density at radius 3 is 2.41 bits per heavy atom. The first kappa shape index (κ1) is 19.6. The van der Waals surface area contributed by atoms with Gasteiger partial charge in [-0.05, 0) is 86.6 Å². The normalized spacial score (nSPS) is 16.6. The van der Waals surface area contributed by atoms with E-state index in [1.54, 1.807) is 12.1 Å². The molecular formula is C23H20ClN3OS. The number of thioether (sulfide) groups is 1. The van der Waals surface area contributed by atoms with E-state index in [0.717, 1.165) is 28.3 Å². The second kappa shape index (κ2) is 7.93. The number of nitrogens with one attached hydrogen (secondary N) is 1. The Morgan fingerprint density at radius 2 is 1.72 bits per heavy atom. The zero-order valence-electron chi connectivity index (χ0n) is 16.4. The Balaban J connectivity index is 1.63. The smallest absolute Gasteiger partial charge is 0.264 e. The molecule has 0 bridgehead atoms. The number of aromatic nitrogens is 1. The van der Waals surface area contributed by atoms with Crippen LogP contribution < -0.4 is 5.32 Å². The van der Waals surface area contributed by atoms with Crippen LogP contribution in [0.1, 0.15) is 22.5 Å². The summed E-state index contributed by atoms with van der Waals surface area (Å²) >= 11 is 7.25. The van der Waals surface area contributed by atoms with Gasteiger partial charge in [-0.25, -0.2) is 4.99 Å². The van der Waals surface area contributed by atoms with Crippen LogP contribution in [0.2, 0.25) is 5.02 Å². The Bertz CT molecular complexity index is 1140. The SMILES string of the molecule is Cc1ccc(-n2c(C)cc(/C=C3/SC(=Nc4ccc(Cl)cc4)NC3=O)c2C)cc1. The fourth-order valence-electron chi connectivity index (χ4n) is 3.28. The minimum Gasteiger partial charge on any atom is -0.318 e. The second-order valence-electron chi connectivity index (χ2n) is 6.96. The van der Waals surface area contributed by atoms with Crippen molar-refractivity contribution in [2.24, 2.45) is 4.99 Å². The summed E-state index contributed by atoms with van der Waals surface area (Å²) in [7, 11) is 0. The van der Waals surface area contributed by atoms with Crippen molar-refractivity contribution in [2.45, 2.75) is 20.8 Å². The maximum Gasteiger partial charge on any atom is 0.264 e. The first-order valence-corrected chi connectivity index (χ1v) is 10.4. The van der Waals surface area contributed by atoms with Crippen molar-refractivity contribution in [2.75, 3.05) is 0 Å². The molecule has 1 N–H and O–H groups in total. The Morgan fingerprint density at radius 1 is 1.03 bits per heavy atom. The van der Waals surface area contributed by atoms with Gasteiger partial charge in [0.1, 0.15) is 0 Å². The number of nitrogens with zero attached hydrogens (tertiary/aromatic N) is 2. The summed E-state index contributed by atoms with van der Waals surface area (Å²) in [5.74, 6) is -0.136. The van der Waals surface area contributed by atoms with Crippen molar-refractivity contribution in [3.05, 3.63) is 87.0 Å². The molecule has 4 rings (SSSR count). The molecule has 1 aliphatic rings. The highest BCUT2D eigenvalue weighted by Crippen LogP contribution is 2.30. The molecule has 29 heavy (non-hydrogen) atoms. The quantitative estimate of drug-likeness (QED) is 0.531. The molecule has 1 aromatic heterocycles. The average molecular weight is 422 g/mol. The third-order valence-electron chi connectivity index (χ3n) is 4.76. The summed E-state index contributed by atoms with van der Waals surface area (Å²) in [4.78, 5) is 17.5. The van der Waals surface area contributed by atoms with Gasteiger partial charge in [0.25, 0.3) is 5.91 Å². The molecule has 1 fully saturated rings. The van der Waals surface area contributed by atoms with Crippen LogP contribution in [0.15, 0.2) is 64.5 Å². The maximum atomic E-state index is 12.4. The minimum atomic E-state index is -0.136. The number of amidine groups is 1. The van der Waals surface area contributed by atoms with E-state index in [4.69, 9.17) is 11.6 Å². The van der Waals surface area contributed by atoms with E-state index in [9.17, 15) is 4.79 Å². The lowest BCUT2D eigenvalue weighted by atomic mass is 10.2. The van der Waals surface area contributed by atoms with Gasteiger partial charge in [0.2, 0.25) is 0 Å². The van der Waals surface area contributed by atoms with Crippen molar-refractivity contribution in [1.82, 2.24) is 9.88 Å². The van der Waals surface area contributed by atoms with Crippen LogP contribution in [0.3, 0.4) is 0 Å². The van der Waals surface area contributed by atoms with Gasteiger partial charge in [0, 0.05) is 22.1 Å². The predicted molar refractivity (Wildman–Crippen MR) is 122 cm³/mol. The predicted octanol–water partition coefficient (Wildman–Crippen LogP) is 5.95. The van der Waals surface area contributed by atoms with Gasteiger partial charge in [0.05, 0.1) is 10.6 Å². The van der Waals surface area contributed by atoms with Gasteiger partial charge < -0.3 is 9.88 Å². The maximum absolute atomic E-state index is 12.4. The average Bonchev–Trinajstić information content (AvgIpc) is 3.17. The van der Waals surface area contributed by atoms with Crippen molar-refractivity contribution < 1.29 is 4.79 Å². The van der Waals surface area contributed by atoms with E-state index < -0.39 is 0 Å². The lowest BCUT2D eigenvalue weighted by molar-refractivity contribution is -0.115. The Kier molecular flexibility index (Phi) is 5.35. The van der Waals surface area contributed by atoms with Crippen molar-refractivity contribution in [1.29, 1.82) is 0 Å². The number of hydrogen-bond acceptors (Lipinski definition) is 3. The lowest BCUT2D eigenvalue weighted by Crippen LogP contribution is -2.19. The van der Waals surface area contributed by atoms with Gasteiger partial charge >= 0.3 is 0 Å². The summed E-state index contributed by atoms with van der Waals surface area (Å²) in [5, 5.41) is 4.05. The molecule has 1 amide bonds. The number of aryl methyl sites for hydroxylation is 2. The molecule has 0 aliphatic carbocycles. The summed E-state index contributed by atoms with van der Waals surface area (Å²) < 4.78 is 2.20. The number of rotatable bonds is 3. The van der Waals surface area contributed by atoms with E-state index in [-0.39, 0.29) is 5.91 Å². The molecule has 2 aromatic carbocycles. The van der Waals surface area contributed by atoms with Gasteiger partial charge in [-0.3, -0.25) is 4.79 Å². The molecule has 1 saturated heterocycles. The second-order valence-corrected chi connectivity index (χ2v) is 8.42. The highest BCUT2D eigenvalue weighted by molar-refractivity contribution is 8.18. The first-order chi connectivity index (χ1) is 13.9. The van der Waals surface area contributed by atoms with Crippen LogP contribution in [0.4, 0.5) is 5.69 Å². The van der Waals surface area contributed by atoms with Crippen LogP contribution in [0.25, 0.3) is 11.8 Å². The number of aliphatic imine (C=N–C) groups is 1. The number of amides is 1. The third-order valence-corrected chi connectivity index (χ3v) is 5.92. The highest BCUT2D eigenvalue weighted by atomic mass is 35.5. The molecule has 1 aliphatic heterocycles. The fourth-order valence-corrected chi connectivity index (χ4v) is 4.24. The topological polar surface area (TPSA) is 46.4 Å². The van der Waals surface area contributed by atoms with Crippen molar-refractivity contribution >= 4 is 46.2 Å². The number of carbonyl (C=O) groups is 1. The molecule has 4 nitrogen and oxygen atoms in total. The molecule has 0 spiro atoms. The first-order valence-electron chi connectivity index (χ1n) is 9.22. The lowest BCUT2D eigenvalue weighted by Gasteiger charge is -2.10. The summed E-state index contributed by atoms with van der Waals surface area (Å²) in [6.45, 7) is 6.22.